The minimum atomic E-state index is -0.277. The number of amides is 3. The molecule has 1 aromatic carbocycles. The van der Waals surface area contributed by atoms with Crippen LogP contribution in [-0.2, 0) is 4.79 Å². The number of fused-ring (bicyclic) bond motifs is 1. The number of halogens is 1. The molecular weight excluding hydrogens is 362 g/mol. The van der Waals surface area contributed by atoms with E-state index in [0.29, 0.717) is 24.0 Å². The molecule has 0 spiro atoms. The van der Waals surface area contributed by atoms with Crippen molar-refractivity contribution in [1.29, 1.82) is 0 Å². The molecule has 0 bridgehead atoms. The van der Waals surface area contributed by atoms with Crippen LogP contribution in [0.2, 0.25) is 0 Å². The van der Waals surface area contributed by atoms with E-state index in [2.05, 4.69) is 21.2 Å². The number of imide groups is 1. The van der Waals surface area contributed by atoms with E-state index < -0.39 is 0 Å². The lowest BCUT2D eigenvalue weighted by molar-refractivity contribution is -0.131. The molecule has 6 nitrogen and oxygen atoms in total. The molecule has 23 heavy (non-hydrogen) atoms. The normalized spacial score (nSPS) is 17.6. The van der Waals surface area contributed by atoms with Crippen molar-refractivity contribution in [2.75, 3.05) is 32.7 Å². The molecule has 2 heterocycles. The van der Waals surface area contributed by atoms with Gasteiger partial charge in [-0.1, -0.05) is 15.9 Å². The van der Waals surface area contributed by atoms with Gasteiger partial charge in [0.05, 0.1) is 11.1 Å². The van der Waals surface area contributed by atoms with Gasteiger partial charge in [-0.05, 0) is 24.6 Å². The highest BCUT2D eigenvalue weighted by atomic mass is 79.9. The Morgan fingerprint density at radius 1 is 1.13 bits per heavy atom. The summed E-state index contributed by atoms with van der Waals surface area (Å²) < 4.78 is 0.771. The third-order valence-electron chi connectivity index (χ3n) is 4.17. The first-order valence-corrected chi connectivity index (χ1v) is 8.51. The third-order valence-corrected chi connectivity index (χ3v) is 4.67. The molecule has 7 heteroatoms. The van der Waals surface area contributed by atoms with E-state index in [0.717, 1.165) is 30.7 Å². The molecule has 2 aliphatic rings. The molecule has 1 saturated heterocycles. The molecule has 0 unspecified atom stereocenters. The summed E-state index contributed by atoms with van der Waals surface area (Å²) in [6.45, 7) is 3.36. The van der Waals surface area contributed by atoms with Crippen LogP contribution >= 0.6 is 15.9 Å². The molecule has 1 fully saturated rings. The monoisotopic (exact) mass is 379 g/mol. The Morgan fingerprint density at radius 2 is 1.83 bits per heavy atom. The van der Waals surface area contributed by atoms with Gasteiger partial charge in [-0.25, -0.2) is 0 Å². The molecule has 0 atom stereocenters. The van der Waals surface area contributed by atoms with E-state index >= 15 is 0 Å². The molecule has 0 saturated carbocycles. The average Bonchev–Trinajstić information content (AvgIpc) is 2.80. The lowest BCUT2D eigenvalue weighted by atomic mass is 10.1. The zero-order valence-electron chi connectivity index (χ0n) is 12.7. The minimum absolute atomic E-state index is 0.0888. The van der Waals surface area contributed by atoms with Gasteiger partial charge in [-0.3, -0.25) is 19.3 Å². The highest BCUT2D eigenvalue weighted by Crippen LogP contribution is 2.26. The molecule has 3 amide bonds. The first-order chi connectivity index (χ1) is 11.1. The average molecular weight is 380 g/mol. The Kier molecular flexibility index (Phi) is 4.77. The van der Waals surface area contributed by atoms with Crippen molar-refractivity contribution in [3.63, 3.8) is 0 Å². The Balaban J connectivity index is 1.56. The van der Waals surface area contributed by atoms with Crippen LogP contribution in [0.4, 0.5) is 0 Å². The summed E-state index contributed by atoms with van der Waals surface area (Å²) in [5, 5.41) is 3.20. The fourth-order valence-corrected chi connectivity index (χ4v) is 3.29. The molecular formula is C16H18BrN3O3. The molecule has 2 aliphatic heterocycles. The summed E-state index contributed by atoms with van der Waals surface area (Å²) >= 11 is 3.31. The number of hydrogen-bond donors (Lipinski definition) is 1. The fraction of sp³-hybridized carbons (Fsp3) is 0.438. The van der Waals surface area contributed by atoms with Crippen molar-refractivity contribution in [1.82, 2.24) is 15.1 Å². The number of hydrogen-bond acceptors (Lipinski definition) is 4. The molecule has 0 aromatic heterocycles. The topological polar surface area (TPSA) is 69.7 Å². The first kappa shape index (κ1) is 16.1. The number of carbonyl (C=O) groups is 3. The summed E-state index contributed by atoms with van der Waals surface area (Å²) in [5.74, 6) is -0.459. The fourth-order valence-electron chi connectivity index (χ4n) is 2.93. The maximum atomic E-state index is 12.3. The van der Waals surface area contributed by atoms with E-state index in [1.165, 1.54) is 4.90 Å². The van der Waals surface area contributed by atoms with Crippen LogP contribution < -0.4 is 5.32 Å². The van der Waals surface area contributed by atoms with Gasteiger partial charge in [0.2, 0.25) is 5.91 Å². The summed E-state index contributed by atoms with van der Waals surface area (Å²) in [4.78, 5) is 39.8. The standard InChI is InChI=1S/C16H18BrN3O3/c17-11-3-4-12-13(10-11)16(23)20(15(12)22)7-1-2-14(21)19-8-5-18-6-9-19/h3-4,10,18H,1-2,5-9H2. The van der Waals surface area contributed by atoms with E-state index in [-0.39, 0.29) is 24.3 Å². The Labute approximate surface area is 142 Å². The first-order valence-electron chi connectivity index (χ1n) is 7.72. The third kappa shape index (κ3) is 3.30. The molecule has 3 rings (SSSR count). The summed E-state index contributed by atoms with van der Waals surface area (Å²) in [5.41, 5.74) is 0.865. The molecule has 0 radical (unpaired) electrons. The van der Waals surface area contributed by atoms with Crippen LogP contribution in [0.15, 0.2) is 22.7 Å². The van der Waals surface area contributed by atoms with Crippen LogP contribution in [0, 0.1) is 0 Å². The van der Waals surface area contributed by atoms with Crippen molar-refractivity contribution in [3.05, 3.63) is 33.8 Å². The number of nitrogens with zero attached hydrogens (tertiary/aromatic N) is 2. The summed E-state index contributed by atoms with van der Waals surface area (Å²) in [6, 6.07) is 5.08. The molecule has 0 aliphatic carbocycles. The number of benzene rings is 1. The highest BCUT2D eigenvalue weighted by Gasteiger charge is 2.35. The number of piperazine rings is 1. The van der Waals surface area contributed by atoms with E-state index in [1.807, 2.05) is 4.90 Å². The summed E-state index contributed by atoms with van der Waals surface area (Å²) in [6.07, 6.45) is 0.854. The van der Waals surface area contributed by atoms with Crippen LogP contribution in [0.3, 0.4) is 0 Å². The van der Waals surface area contributed by atoms with E-state index in [4.69, 9.17) is 0 Å². The highest BCUT2D eigenvalue weighted by molar-refractivity contribution is 9.10. The second kappa shape index (κ2) is 6.80. The van der Waals surface area contributed by atoms with Crippen LogP contribution in [0.5, 0.6) is 0 Å². The quantitative estimate of drug-likeness (QED) is 0.799. The Morgan fingerprint density at radius 3 is 2.57 bits per heavy atom. The van der Waals surface area contributed by atoms with E-state index in [1.54, 1.807) is 18.2 Å². The molecule has 1 N–H and O–H groups in total. The number of rotatable bonds is 4. The van der Waals surface area contributed by atoms with E-state index in [9.17, 15) is 14.4 Å². The lowest BCUT2D eigenvalue weighted by Crippen LogP contribution is -2.46. The Hall–Kier alpha value is -1.73. The van der Waals surface area contributed by atoms with Crippen molar-refractivity contribution < 1.29 is 14.4 Å². The van der Waals surface area contributed by atoms with Gasteiger partial charge < -0.3 is 10.2 Å². The SMILES string of the molecule is O=C(CCCN1C(=O)c2ccc(Br)cc2C1=O)N1CCNCC1. The largest absolute Gasteiger partial charge is 0.340 e. The zero-order valence-corrected chi connectivity index (χ0v) is 14.3. The van der Waals surface area contributed by atoms with Crippen LogP contribution in [-0.4, -0.2) is 60.2 Å². The second-order valence-electron chi connectivity index (χ2n) is 5.69. The van der Waals surface area contributed by atoms with Gasteiger partial charge in [0.15, 0.2) is 0 Å². The smallest absolute Gasteiger partial charge is 0.261 e. The predicted octanol–water partition coefficient (Wildman–Crippen LogP) is 1.26. The van der Waals surface area contributed by atoms with Gasteiger partial charge >= 0.3 is 0 Å². The number of carbonyl (C=O) groups excluding carboxylic acids is 3. The number of nitrogens with one attached hydrogen (secondary N) is 1. The maximum Gasteiger partial charge on any atom is 0.261 e. The summed E-state index contributed by atoms with van der Waals surface area (Å²) in [7, 11) is 0. The van der Waals surface area contributed by atoms with Gasteiger partial charge in [0, 0.05) is 43.6 Å². The lowest BCUT2D eigenvalue weighted by Gasteiger charge is -2.27. The molecule has 1 aromatic rings. The van der Waals surface area contributed by atoms with Crippen LogP contribution in [0.1, 0.15) is 33.6 Å². The zero-order chi connectivity index (χ0) is 16.4. The van der Waals surface area contributed by atoms with Crippen molar-refractivity contribution in [2.24, 2.45) is 0 Å². The van der Waals surface area contributed by atoms with Crippen molar-refractivity contribution >= 4 is 33.7 Å². The molecule has 122 valence electrons. The minimum Gasteiger partial charge on any atom is -0.340 e. The van der Waals surface area contributed by atoms with Gasteiger partial charge in [-0.15, -0.1) is 0 Å². The maximum absolute atomic E-state index is 12.3. The van der Waals surface area contributed by atoms with Crippen molar-refractivity contribution in [2.45, 2.75) is 12.8 Å². The second-order valence-corrected chi connectivity index (χ2v) is 6.60. The van der Waals surface area contributed by atoms with Gasteiger partial charge in [-0.2, -0.15) is 0 Å². The van der Waals surface area contributed by atoms with Gasteiger partial charge in [0.1, 0.15) is 0 Å². The predicted molar refractivity (Wildman–Crippen MR) is 88.2 cm³/mol. The Bertz CT molecular complexity index is 656. The van der Waals surface area contributed by atoms with Crippen LogP contribution in [0.25, 0.3) is 0 Å². The van der Waals surface area contributed by atoms with Gasteiger partial charge in [0.25, 0.3) is 11.8 Å². The van der Waals surface area contributed by atoms with Crippen molar-refractivity contribution in [3.8, 4) is 0 Å².